The Morgan fingerprint density at radius 3 is 1.59 bits per heavy atom. The molecule has 22 heavy (non-hydrogen) atoms. The van der Waals surface area contributed by atoms with Gasteiger partial charge in [0, 0.05) is 0 Å². The highest BCUT2D eigenvalue weighted by atomic mass is 17.2. The molecule has 2 aromatic carbocycles. The molecule has 0 aliphatic carbocycles. The van der Waals surface area contributed by atoms with E-state index in [2.05, 4.69) is 31.2 Å². The Morgan fingerprint density at radius 2 is 1.14 bits per heavy atom. The van der Waals surface area contributed by atoms with Crippen LogP contribution in [0.2, 0.25) is 0 Å². The van der Waals surface area contributed by atoms with Crippen LogP contribution in [-0.2, 0) is 27.4 Å². The summed E-state index contributed by atoms with van der Waals surface area (Å²) < 4.78 is 0. The predicted octanol–water partition coefficient (Wildman–Crippen LogP) is 5.37. The van der Waals surface area contributed by atoms with E-state index < -0.39 is 11.2 Å². The molecule has 0 fully saturated rings. The molecule has 0 N–H and O–H groups in total. The Kier molecular flexibility index (Phi) is 5.05. The maximum atomic E-state index is 5.81. The van der Waals surface area contributed by atoms with Crippen LogP contribution in [0, 0.1) is 0 Å². The zero-order valence-corrected chi connectivity index (χ0v) is 14.2. The van der Waals surface area contributed by atoms with E-state index in [-0.39, 0.29) is 0 Å². The second-order valence-corrected chi connectivity index (χ2v) is 6.60. The maximum absolute atomic E-state index is 5.81. The fraction of sp³-hybridized carbons (Fsp3) is 0.400. The molecular formula is C20H26O2. The quantitative estimate of drug-likeness (QED) is 0.527. The van der Waals surface area contributed by atoms with Crippen molar-refractivity contribution in [2.75, 3.05) is 0 Å². The van der Waals surface area contributed by atoms with Gasteiger partial charge in [-0.25, -0.2) is 9.78 Å². The summed E-state index contributed by atoms with van der Waals surface area (Å²) in [6.07, 6.45) is 1.04. The number of aryl methyl sites for hydroxylation is 1. The number of hydrogen-bond acceptors (Lipinski definition) is 2. The number of benzene rings is 2. The third-order valence-electron chi connectivity index (χ3n) is 3.98. The van der Waals surface area contributed by atoms with Gasteiger partial charge in [-0.15, -0.1) is 0 Å². The molecular weight excluding hydrogens is 272 g/mol. The van der Waals surface area contributed by atoms with Crippen LogP contribution in [-0.4, -0.2) is 0 Å². The molecule has 0 saturated carbocycles. The minimum Gasteiger partial charge on any atom is -0.225 e. The normalized spacial score (nSPS) is 12.4. The molecule has 0 saturated heterocycles. The smallest absolute Gasteiger partial charge is 0.123 e. The molecule has 2 aromatic rings. The van der Waals surface area contributed by atoms with Crippen LogP contribution in [0.25, 0.3) is 0 Å². The van der Waals surface area contributed by atoms with Gasteiger partial charge in [-0.2, -0.15) is 0 Å². The van der Waals surface area contributed by atoms with Crippen LogP contribution in [0.1, 0.15) is 51.3 Å². The van der Waals surface area contributed by atoms with Gasteiger partial charge in [0.1, 0.15) is 11.2 Å². The molecule has 0 atom stereocenters. The van der Waals surface area contributed by atoms with Crippen molar-refractivity contribution in [1.82, 2.24) is 0 Å². The van der Waals surface area contributed by atoms with Crippen molar-refractivity contribution in [1.29, 1.82) is 0 Å². The second kappa shape index (κ2) is 6.64. The van der Waals surface area contributed by atoms with E-state index in [1.54, 1.807) is 0 Å². The monoisotopic (exact) mass is 298 g/mol. The molecule has 0 radical (unpaired) electrons. The van der Waals surface area contributed by atoms with Crippen LogP contribution < -0.4 is 0 Å². The van der Waals surface area contributed by atoms with E-state index in [9.17, 15) is 0 Å². The Morgan fingerprint density at radius 1 is 0.682 bits per heavy atom. The van der Waals surface area contributed by atoms with E-state index in [4.69, 9.17) is 9.78 Å². The highest BCUT2D eigenvalue weighted by Crippen LogP contribution is 2.31. The first kappa shape index (κ1) is 16.7. The van der Waals surface area contributed by atoms with Crippen molar-refractivity contribution >= 4 is 0 Å². The fourth-order valence-electron chi connectivity index (χ4n) is 2.29. The lowest BCUT2D eigenvalue weighted by molar-refractivity contribution is -0.410. The molecule has 0 aliphatic heterocycles. The molecule has 2 heteroatoms. The first-order chi connectivity index (χ1) is 10.3. The summed E-state index contributed by atoms with van der Waals surface area (Å²) in [4.78, 5) is 11.6. The highest BCUT2D eigenvalue weighted by molar-refractivity contribution is 5.26. The van der Waals surface area contributed by atoms with Crippen molar-refractivity contribution in [3.8, 4) is 0 Å². The van der Waals surface area contributed by atoms with Gasteiger partial charge in [-0.05, 0) is 50.8 Å². The Hall–Kier alpha value is -1.64. The Labute approximate surface area is 134 Å². The predicted molar refractivity (Wildman–Crippen MR) is 90.5 cm³/mol. The first-order valence-corrected chi connectivity index (χ1v) is 7.87. The molecule has 0 amide bonds. The standard InChI is InChI=1S/C20H26O2/c1-6-16-12-14-18(15-13-16)20(4,5)22-21-19(2,3)17-10-8-7-9-11-17/h7-15H,6H2,1-5H3. The maximum Gasteiger partial charge on any atom is 0.123 e. The third kappa shape index (κ3) is 3.96. The van der Waals surface area contributed by atoms with Gasteiger partial charge >= 0.3 is 0 Å². The zero-order valence-electron chi connectivity index (χ0n) is 14.2. The van der Waals surface area contributed by atoms with Crippen LogP contribution in [0.4, 0.5) is 0 Å². The average Bonchev–Trinajstić information content (AvgIpc) is 2.54. The van der Waals surface area contributed by atoms with E-state index >= 15 is 0 Å². The highest BCUT2D eigenvalue weighted by Gasteiger charge is 2.29. The molecule has 0 heterocycles. The van der Waals surface area contributed by atoms with E-state index in [0.29, 0.717) is 0 Å². The molecule has 118 valence electrons. The van der Waals surface area contributed by atoms with E-state index in [0.717, 1.165) is 17.5 Å². The third-order valence-corrected chi connectivity index (χ3v) is 3.98. The largest absolute Gasteiger partial charge is 0.225 e. The van der Waals surface area contributed by atoms with Gasteiger partial charge in [-0.1, -0.05) is 61.5 Å². The Bertz CT molecular complexity index is 583. The zero-order chi connectivity index (χ0) is 16.2. The van der Waals surface area contributed by atoms with Gasteiger partial charge in [0.05, 0.1) is 0 Å². The molecule has 2 rings (SSSR count). The first-order valence-electron chi connectivity index (χ1n) is 7.87. The van der Waals surface area contributed by atoms with Crippen molar-refractivity contribution in [3.63, 3.8) is 0 Å². The summed E-state index contributed by atoms with van der Waals surface area (Å²) in [6.45, 7) is 10.2. The fourth-order valence-corrected chi connectivity index (χ4v) is 2.29. The average molecular weight is 298 g/mol. The van der Waals surface area contributed by atoms with Crippen LogP contribution in [0.5, 0.6) is 0 Å². The van der Waals surface area contributed by atoms with E-state index in [1.807, 2.05) is 58.0 Å². The van der Waals surface area contributed by atoms with Crippen LogP contribution in [0.3, 0.4) is 0 Å². The van der Waals surface area contributed by atoms with Gasteiger partial charge in [-0.3, -0.25) is 0 Å². The van der Waals surface area contributed by atoms with Gasteiger partial charge in [0.15, 0.2) is 0 Å². The minimum absolute atomic E-state index is 0.498. The number of rotatable bonds is 6. The van der Waals surface area contributed by atoms with Gasteiger partial charge < -0.3 is 0 Å². The number of hydrogen-bond donors (Lipinski definition) is 0. The summed E-state index contributed by atoms with van der Waals surface area (Å²) in [6, 6.07) is 18.6. The molecule has 0 aromatic heterocycles. The summed E-state index contributed by atoms with van der Waals surface area (Å²) in [5.74, 6) is 0. The van der Waals surface area contributed by atoms with Gasteiger partial charge in [0.25, 0.3) is 0 Å². The lowest BCUT2D eigenvalue weighted by Gasteiger charge is -2.31. The summed E-state index contributed by atoms with van der Waals surface area (Å²) >= 11 is 0. The molecule has 0 bridgehead atoms. The molecule has 0 spiro atoms. The van der Waals surface area contributed by atoms with Crippen molar-refractivity contribution in [2.24, 2.45) is 0 Å². The summed E-state index contributed by atoms with van der Waals surface area (Å²) in [7, 11) is 0. The topological polar surface area (TPSA) is 18.5 Å². The minimum atomic E-state index is -0.502. The van der Waals surface area contributed by atoms with E-state index in [1.165, 1.54) is 5.56 Å². The SMILES string of the molecule is CCc1ccc(C(C)(C)OOC(C)(C)c2ccccc2)cc1. The lowest BCUT2D eigenvalue weighted by atomic mass is 9.96. The molecule has 2 nitrogen and oxygen atoms in total. The Balaban J connectivity index is 2.08. The summed E-state index contributed by atoms with van der Waals surface area (Å²) in [5, 5.41) is 0. The molecule has 0 aliphatic rings. The van der Waals surface area contributed by atoms with Crippen LogP contribution >= 0.6 is 0 Å². The summed E-state index contributed by atoms with van der Waals surface area (Å²) in [5.41, 5.74) is 2.52. The lowest BCUT2D eigenvalue weighted by Crippen LogP contribution is -2.29. The van der Waals surface area contributed by atoms with Crippen molar-refractivity contribution in [3.05, 3.63) is 71.3 Å². The van der Waals surface area contributed by atoms with Gasteiger partial charge in [0.2, 0.25) is 0 Å². The second-order valence-electron chi connectivity index (χ2n) is 6.60. The van der Waals surface area contributed by atoms with Crippen molar-refractivity contribution in [2.45, 2.75) is 52.2 Å². The molecule has 0 unspecified atom stereocenters. The van der Waals surface area contributed by atoms with Crippen molar-refractivity contribution < 1.29 is 9.78 Å². The van der Waals surface area contributed by atoms with Crippen LogP contribution in [0.15, 0.2) is 54.6 Å².